The molecule has 0 atom stereocenters. The average Bonchev–Trinajstić information content (AvgIpc) is 2.85. The van der Waals surface area contributed by atoms with Crippen LogP contribution < -0.4 is 5.43 Å². The molecule has 1 aromatic heterocycles. The Balaban J connectivity index is 1.89. The van der Waals surface area contributed by atoms with E-state index < -0.39 is 10.7 Å². The van der Waals surface area contributed by atoms with E-state index in [2.05, 4.69) is 0 Å². The van der Waals surface area contributed by atoms with E-state index in [0.29, 0.717) is 29.6 Å². The van der Waals surface area contributed by atoms with Gasteiger partial charge in [0.25, 0.3) is 5.91 Å². The monoisotopic (exact) mass is 518 g/mol. The number of rotatable bonds is 11. The lowest BCUT2D eigenvalue weighted by Gasteiger charge is -2.28. The number of benzene rings is 2. The van der Waals surface area contributed by atoms with Crippen molar-refractivity contribution >= 4 is 46.0 Å². The number of aryl methyl sites for hydroxylation is 1. The van der Waals surface area contributed by atoms with Gasteiger partial charge in [-0.25, -0.2) is 0 Å². The summed E-state index contributed by atoms with van der Waals surface area (Å²) in [6, 6.07) is 14.8. The summed E-state index contributed by atoms with van der Waals surface area (Å²) in [4.78, 5) is 40.7. The Morgan fingerprint density at radius 2 is 1.80 bits per heavy atom. The molecule has 35 heavy (non-hydrogen) atoms. The number of amides is 2. The first-order valence-electron chi connectivity index (χ1n) is 11.2. The van der Waals surface area contributed by atoms with Crippen LogP contribution in [0.15, 0.2) is 64.0 Å². The molecule has 7 nitrogen and oxygen atoms in total. The predicted molar refractivity (Wildman–Crippen MR) is 136 cm³/mol. The minimum atomic E-state index is -1.29. The lowest BCUT2D eigenvalue weighted by molar-refractivity contribution is -0.140. The number of methoxy groups -OCH3 is 1. The molecule has 2 amide bonds. The molecule has 1 heterocycles. The zero-order chi connectivity index (χ0) is 25.4. The number of carbonyl (C=O) groups excluding carboxylic acids is 2. The summed E-state index contributed by atoms with van der Waals surface area (Å²) in [6.45, 7) is 2.60. The van der Waals surface area contributed by atoms with Gasteiger partial charge in [0.15, 0.2) is 10.3 Å². The maximum atomic E-state index is 13.4. The van der Waals surface area contributed by atoms with Crippen LogP contribution >= 0.6 is 23.2 Å². The highest BCUT2D eigenvalue weighted by atomic mass is 35.5. The molecule has 186 valence electrons. The number of halogens is 2. The van der Waals surface area contributed by atoms with Crippen molar-refractivity contribution in [2.24, 2.45) is 0 Å². The highest BCUT2D eigenvalue weighted by molar-refractivity contribution is 6.53. The van der Waals surface area contributed by atoms with Crippen LogP contribution in [0.4, 0.5) is 0 Å². The lowest BCUT2D eigenvalue weighted by atomic mass is 10.1. The van der Waals surface area contributed by atoms with Crippen LogP contribution in [0.2, 0.25) is 0 Å². The molecule has 3 rings (SSSR count). The fraction of sp³-hybridized carbons (Fsp3) is 0.346. The fourth-order valence-corrected chi connectivity index (χ4v) is 3.98. The highest BCUT2D eigenvalue weighted by Crippen LogP contribution is 2.16. The van der Waals surface area contributed by atoms with Crippen LogP contribution in [0.25, 0.3) is 11.0 Å². The zero-order valence-electron chi connectivity index (χ0n) is 19.7. The molecule has 0 aliphatic carbocycles. The van der Waals surface area contributed by atoms with Gasteiger partial charge in [-0.2, -0.15) is 0 Å². The number of hydrogen-bond acceptors (Lipinski definition) is 5. The van der Waals surface area contributed by atoms with Gasteiger partial charge >= 0.3 is 0 Å². The minimum absolute atomic E-state index is 0.0191. The number of fused-ring (bicyclic) bond motifs is 1. The number of carbonyl (C=O) groups is 2. The van der Waals surface area contributed by atoms with E-state index in [4.69, 9.17) is 32.4 Å². The van der Waals surface area contributed by atoms with Crippen LogP contribution in [-0.2, 0) is 27.4 Å². The Labute approximate surface area is 214 Å². The topological polar surface area (TPSA) is 80.1 Å². The molecule has 0 N–H and O–H groups in total. The summed E-state index contributed by atoms with van der Waals surface area (Å²) >= 11 is 11.6. The van der Waals surface area contributed by atoms with Crippen molar-refractivity contribution < 1.29 is 18.7 Å². The molecule has 0 aliphatic rings. The number of hydrogen-bond donors (Lipinski definition) is 0. The number of alkyl halides is 2. The first-order valence-corrected chi connectivity index (χ1v) is 12.1. The van der Waals surface area contributed by atoms with E-state index in [-0.39, 0.29) is 37.5 Å². The fourth-order valence-electron chi connectivity index (χ4n) is 3.70. The van der Waals surface area contributed by atoms with E-state index >= 15 is 0 Å². The molecule has 2 aromatic carbocycles. The van der Waals surface area contributed by atoms with Gasteiger partial charge in [-0.3, -0.25) is 14.4 Å². The number of ether oxygens (including phenoxy) is 1. The molecule has 3 aromatic rings. The minimum Gasteiger partial charge on any atom is -0.464 e. The summed E-state index contributed by atoms with van der Waals surface area (Å²) in [6.07, 6.45) is 1.91. The maximum Gasteiger partial charge on any atom is 0.256 e. The number of nitrogens with zero attached hydrogens (tertiary/aromatic N) is 2. The van der Waals surface area contributed by atoms with Crippen molar-refractivity contribution in [3.8, 4) is 0 Å². The van der Waals surface area contributed by atoms with Gasteiger partial charge in [-0.15, -0.1) is 0 Å². The van der Waals surface area contributed by atoms with Crippen molar-refractivity contribution in [2.45, 2.75) is 31.3 Å². The Morgan fingerprint density at radius 1 is 1.06 bits per heavy atom. The van der Waals surface area contributed by atoms with Crippen molar-refractivity contribution in [2.75, 3.05) is 26.8 Å². The van der Waals surface area contributed by atoms with Crippen LogP contribution in [-0.4, -0.2) is 53.3 Å². The Kier molecular flexibility index (Phi) is 9.72. The van der Waals surface area contributed by atoms with Gasteiger partial charge in [-0.05, 0) is 31.0 Å². The molecule has 0 radical (unpaired) electrons. The molecular weight excluding hydrogens is 491 g/mol. The predicted octanol–water partition coefficient (Wildman–Crippen LogP) is 4.30. The summed E-state index contributed by atoms with van der Waals surface area (Å²) < 4.78 is 10.7. The Hall–Kier alpha value is -2.87. The summed E-state index contributed by atoms with van der Waals surface area (Å²) in [7, 11) is 1.56. The smallest absolute Gasteiger partial charge is 0.256 e. The summed E-state index contributed by atoms with van der Waals surface area (Å²) in [5.41, 5.74) is 2.44. The van der Waals surface area contributed by atoms with Gasteiger partial charge in [0.2, 0.25) is 5.91 Å². The third-order valence-corrected chi connectivity index (χ3v) is 5.90. The molecular formula is C26H28Cl2N2O5. The molecule has 0 bridgehead atoms. The van der Waals surface area contributed by atoms with E-state index in [1.54, 1.807) is 19.2 Å². The van der Waals surface area contributed by atoms with Crippen molar-refractivity contribution in [3.05, 3.63) is 81.7 Å². The average molecular weight is 519 g/mol. The van der Waals surface area contributed by atoms with E-state index in [1.165, 1.54) is 16.1 Å². The SMILES string of the molecule is COCCCN(CC(=O)N(Cc1ccccc1)Cc1coc2ccc(C)cc2c1=O)C(=O)C(Cl)Cl. The quantitative estimate of drug-likeness (QED) is 0.279. The second kappa shape index (κ2) is 12.7. The molecule has 0 aliphatic heterocycles. The second-order valence-electron chi connectivity index (χ2n) is 8.23. The first kappa shape index (κ1) is 26.7. The third kappa shape index (κ3) is 7.31. The molecule has 0 spiro atoms. The summed E-state index contributed by atoms with van der Waals surface area (Å²) in [5, 5.41) is 0.457. The van der Waals surface area contributed by atoms with Crippen LogP contribution in [0.1, 0.15) is 23.1 Å². The van der Waals surface area contributed by atoms with Gasteiger partial charge in [0.05, 0.1) is 30.3 Å². The van der Waals surface area contributed by atoms with Crippen LogP contribution in [0, 0.1) is 6.92 Å². The van der Waals surface area contributed by atoms with Crippen molar-refractivity contribution in [1.82, 2.24) is 9.80 Å². The molecule has 0 fully saturated rings. The molecule has 0 saturated heterocycles. The summed E-state index contributed by atoms with van der Waals surface area (Å²) in [5.74, 6) is -0.907. The maximum absolute atomic E-state index is 13.4. The van der Waals surface area contributed by atoms with Crippen molar-refractivity contribution in [3.63, 3.8) is 0 Å². The second-order valence-corrected chi connectivity index (χ2v) is 9.33. The van der Waals surface area contributed by atoms with Gasteiger partial charge in [-0.1, -0.05) is 65.2 Å². The Morgan fingerprint density at radius 3 is 2.49 bits per heavy atom. The van der Waals surface area contributed by atoms with Crippen LogP contribution in [0.5, 0.6) is 0 Å². The zero-order valence-corrected chi connectivity index (χ0v) is 21.2. The largest absolute Gasteiger partial charge is 0.464 e. The lowest BCUT2D eigenvalue weighted by Crippen LogP contribution is -2.45. The Bertz CT molecular complexity index is 1210. The van der Waals surface area contributed by atoms with Gasteiger partial charge in [0.1, 0.15) is 5.58 Å². The van der Waals surface area contributed by atoms with Crippen LogP contribution in [0.3, 0.4) is 0 Å². The van der Waals surface area contributed by atoms with E-state index in [1.807, 2.05) is 43.3 Å². The van der Waals surface area contributed by atoms with Gasteiger partial charge in [0, 0.05) is 26.8 Å². The normalized spacial score (nSPS) is 11.1. The molecule has 0 saturated carbocycles. The van der Waals surface area contributed by atoms with E-state index in [0.717, 1.165) is 11.1 Å². The van der Waals surface area contributed by atoms with E-state index in [9.17, 15) is 14.4 Å². The van der Waals surface area contributed by atoms with Gasteiger partial charge < -0.3 is 19.0 Å². The highest BCUT2D eigenvalue weighted by Gasteiger charge is 2.26. The van der Waals surface area contributed by atoms with Crippen molar-refractivity contribution in [1.29, 1.82) is 0 Å². The molecule has 9 heteroatoms. The molecule has 0 unspecified atom stereocenters. The third-order valence-electron chi connectivity index (χ3n) is 5.53. The first-order chi connectivity index (χ1) is 16.8. The standard InChI is InChI=1S/C26H28Cl2N2O5/c1-18-9-10-22-21(13-18)24(32)20(17-35-22)15-30(14-19-7-4-3-5-8-19)23(31)16-29(11-6-12-34-2)26(33)25(27)28/h3-5,7-10,13,17,25H,6,11-12,14-16H2,1-2H3.